The van der Waals surface area contributed by atoms with Gasteiger partial charge in [0.15, 0.2) is 0 Å². The van der Waals surface area contributed by atoms with Crippen molar-refractivity contribution in [2.75, 3.05) is 0 Å². The summed E-state index contributed by atoms with van der Waals surface area (Å²) >= 11 is 6.17. The molecular formula is C22H23ClN2O. The molecule has 26 heavy (non-hydrogen) atoms. The first kappa shape index (κ1) is 17.3. The highest BCUT2D eigenvalue weighted by molar-refractivity contribution is 6.29. The maximum absolute atomic E-state index is 6.29. The number of halogens is 1. The number of aromatic nitrogens is 1. The lowest BCUT2D eigenvalue weighted by atomic mass is 9.88. The smallest absolute Gasteiger partial charge is 0.130 e. The number of aryl methyl sites for hydroxylation is 1. The molecule has 1 N–H and O–H groups in total. The summed E-state index contributed by atoms with van der Waals surface area (Å²) in [6, 6.07) is 16.8. The largest absolute Gasteiger partial charge is 0.487 e. The summed E-state index contributed by atoms with van der Waals surface area (Å²) in [7, 11) is 0. The fourth-order valence-corrected chi connectivity index (χ4v) is 3.97. The van der Waals surface area contributed by atoms with Crippen LogP contribution in [0.3, 0.4) is 0 Å². The number of hydrogen-bond donors (Lipinski definition) is 1. The molecule has 2 aromatic carbocycles. The highest BCUT2D eigenvalue weighted by Crippen LogP contribution is 2.42. The SMILES string of the molecule is Cc1cc(Cl)nc2cc3c(cc12)OC(C)(C)CC3NCc1ccccc1. The average molecular weight is 367 g/mol. The second kappa shape index (κ2) is 6.57. The van der Waals surface area contributed by atoms with Crippen molar-refractivity contribution in [1.29, 1.82) is 0 Å². The molecule has 1 unspecified atom stereocenters. The molecule has 0 saturated heterocycles. The van der Waals surface area contributed by atoms with Gasteiger partial charge in [0.25, 0.3) is 0 Å². The van der Waals surface area contributed by atoms with Gasteiger partial charge in [0.2, 0.25) is 0 Å². The summed E-state index contributed by atoms with van der Waals surface area (Å²) in [6.45, 7) is 7.16. The quantitative estimate of drug-likeness (QED) is 0.613. The van der Waals surface area contributed by atoms with Gasteiger partial charge in [-0.3, -0.25) is 0 Å². The Hall–Kier alpha value is -2.10. The number of ether oxygens (including phenoxy) is 1. The number of hydrogen-bond acceptors (Lipinski definition) is 3. The van der Waals surface area contributed by atoms with Crippen molar-refractivity contribution in [2.24, 2.45) is 0 Å². The number of fused-ring (bicyclic) bond motifs is 2. The number of rotatable bonds is 3. The Bertz CT molecular complexity index is 953. The van der Waals surface area contributed by atoms with Gasteiger partial charge in [0.05, 0.1) is 5.52 Å². The predicted octanol–water partition coefficient (Wildman–Crippen LogP) is 5.59. The van der Waals surface area contributed by atoms with E-state index in [0.29, 0.717) is 5.15 Å². The van der Waals surface area contributed by atoms with Gasteiger partial charge in [0, 0.05) is 30.0 Å². The van der Waals surface area contributed by atoms with E-state index in [2.05, 4.69) is 67.5 Å². The zero-order valence-corrected chi connectivity index (χ0v) is 16.1. The Morgan fingerprint density at radius 2 is 1.96 bits per heavy atom. The van der Waals surface area contributed by atoms with Crippen molar-refractivity contribution in [3.8, 4) is 5.75 Å². The molecule has 1 aromatic heterocycles. The first-order valence-electron chi connectivity index (χ1n) is 8.98. The molecule has 4 rings (SSSR count). The highest BCUT2D eigenvalue weighted by Gasteiger charge is 2.34. The Morgan fingerprint density at radius 1 is 1.19 bits per heavy atom. The van der Waals surface area contributed by atoms with Crippen molar-refractivity contribution in [3.63, 3.8) is 0 Å². The fourth-order valence-electron chi connectivity index (χ4n) is 3.72. The minimum absolute atomic E-state index is 0.208. The van der Waals surface area contributed by atoms with E-state index in [1.807, 2.05) is 12.1 Å². The summed E-state index contributed by atoms with van der Waals surface area (Å²) in [4.78, 5) is 4.52. The molecule has 0 saturated carbocycles. The van der Waals surface area contributed by atoms with Crippen LogP contribution >= 0.6 is 11.6 Å². The number of pyridine rings is 1. The summed E-state index contributed by atoms with van der Waals surface area (Å²) in [5, 5.41) is 5.32. The van der Waals surface area contributed by atoms with Gasteiger partial charge >= 0.3 is 0 Å². The molecular weight excluding hydrogens is 344 g/mol. The van der Waals surface area contributed by atoms with Crippen LogP contribution in [0.1, 0.15) is 43.0 Å². The molecule has 0 radical (unpaired) electrons. The van der Waals surface area contributed by atoms with E-state index in [1.54, 1.807) is 0 Å². The highest BCUT2D eigenvalue weighted by atomic mass is 35.5. The van der Waals surface area contributed by atoms with Crippen LogP contribution < -0.4 is 10.1 Å². The summed E-state index contributed by atoms with van der Waals surface area (Å²) in [6.07, 6.45) is 0.901. The predicted molar refractivity (Wildman–Crippen MR) is 107 cm³/mol. The van der Waals surface area contributed by atoms with Gasteiger partial charge in [0.1, 0.15) is 16.5 Å². The molecule has 1 aliphatic heterocycles. The molecule has 0 aliphatic carbocycles. The lowest BCUT2D eigenvalue weighted by Crippen LogP contribution is -2.39. The Balaban J connectivity index is 1.73. The fraction of sp³-hybridized carbons (Fsp3) is 0.318. The molecule has 1 atom stereocenters. The van der Waals surface area contributed by atoms with Gasteiger partial charge in [-0.25, -0.2) is 4.98 Å². The van der Waals surface area contributed by atoms with E-state index in [4.69, 9.17) is 16.3 Å². The van der Waals surface area contributed by atoms with Crippen molar-refractivity contribution in [3.05, 3.63) is 70.4 Å². The molecule has 134 valence electrons. The van der Waals surface area contributed by atoms with E-state index in [0.717, 1.165) is 40.7 Å². The maximum Gasteiger partial charge on any atom is 0.130 e. The molecule has 0 fully saturated rings. The van der Waals surface area contributed by atoms with E-state index < -0.39 is 0 Å². The summed E-state index contributed by atoms with van der Waals surface area (Å²) in [5.41, 5.74) is 4.24. The molecule has 0 amide bonds. The van der Waals surface area contributed by atoms with E-state index in [1.165, 1.54) is 5.56 Å². The molecule has 1 aliphatic rings. The second-order valence-corrected chi connectivity index (χ2v) is 8.04. The topological polar surface area (TPSA) is 34.1 Å². The van der Waals surface area contributed by atoms with E-state index in [-0.39, 0.29) is 11.6 Å². The Labute approximate surface area is 159 Å². The lowest BCUT2D eigenvalue weighted by molar-refractivity contribution is 0.0660. The van der Waals surface area contributed by atoms with E-state index >= 15 is 0 Å². The van der Waals surface area contributed by atoms with Gasteiger partial charge in [-0.15, -0.1) is 0 Å². The van der Waals surface area contributed by atoms with Crippen LogP contribution in [-0.2, 0) is 6.54 Å². The minimum Gasteiger partial charge on any atom is -0.487 e. The molecule has 3 aromatic rings. The molecule has 3 nitrogen and oxygen atoms in total. The normalized spacial score (nSPS) is 18.4. The Kier molecular flexibility index (Phi) is 4.37. The third-order valence-electron chi connectivity index (χ3n) is 4.97. The third-order valence-corrected chi connectivity index (χ3v) is 5.16. The first-order valence-corrected chi connectivity index (χ1v) is 9.36. The van der Waals surface area contributed by atoms with Crippen LogP contribution in [-0.4, -0.2) is 10.6 Å². The van der Waals surface area contributed by atoms with Crippen LogP contribution in [0.5, 0.6) is 5.75 Å². The number of benzene rings is 2. The minimum atomic E-state index is -0.219. The van der Waals surface area contributed by atoms with Crippen molar-refractivity contribution >= 4 is 22.5 Å². The lowest BCUT2D eigenvalue weighted by Gasteiger charge is -2.38. The third kappa shape index (κ3) is 3.42. The maximum atomic E-state index is 6.29. The zero-order valence-electron chi connectivity index (χ0n) is 15.3. The van der Waals surface area contributed by atoms with Gasteiger partial charge in [-0.2, -0.15) is 0 Å². The second-order valence-electron chi connectivity index (χ2n) is 7.65. The van der Waals surface area contributed by atoms with Crippen LogP contribution in [0.4, 0.5) is 0 Å². The molecule has 2 heterocycles. The van der Waals surface area contributed by atoms with Crippen molar-refractivity contribution < 1.29 is 4.74 Å². The number of nitrogens with one attached hydrogen (secondary N) is 1. The van der Waals surface area contributed by atoms with E-state index in [9.17, 15) is 0 Å². The number of nitrogens with zero attached hydrogens (tertiary/aromatic N) is 1. The Morgan fingerprint density at radius 3 is 2.73 bits per heavy atom. The summed E-state index contributed by atoms with van der Waals surface area (Å²) < 4.78 is 6.29. The van der Waals surface area contributed by atoms with Gasteiger partial charge in [-0.05, 0) is 50.1 Å². The monoisotopic (exact) mass is 366 g/mol. The first-order chi connectivity index (χ1) is 12.4. The van der Waals surface area contributed by atoms with Crippen LogP contribution in [0, 0.1) is 6.92 Å². The van der Waals surface area contributed by atoms with Crippen molar-refractivity contribution in [2.45, 2.75) is 45.4 Å². The van der Waals surface area contributed by atoms with Crippen LogP contribution in [0.2, 0.25) is 5.15 Å². The van der Waals surface area contributed by atoms with Crippen molar-refractivity contribution in [1.82, 2.24) is 10.3 Å². The van der Waals surface area contributed by atoms with Crippen LogP contribution in [0.15, 0.2) is 48.5 Å². The van der Waals surface area contributed by atoms with Crippen LogP contribution in [0.25, 0.3) is 10.9 Å². The molecule has 0 spiro atoms. The van der Waals surface area contributed by atoms with Gasteiger partial charge in [-0.1, -0.05) is 41.9 Å². The molecule has 0 bridgehead atoms. The standard InChI is InChI=1S/C22H23ClN2O/c1-14-9-21(23)25-18-10-17-19(24-13-15-7-5-4-6-8-15)12-22(2,3)26-20(17)11-16(14)18/h4-11,19,24H,12-13H2,1-3H3. The molecule has 4 heteroatoms. The summed E-state index contributed by atoms with van der Waals surface area (Å²) in [5.74, 6) is 0.937. The van der Waals surface area contributed by atoms with Gasteiger partial charge < -0.3 is 10.1 Å². The zero-order chi connectivity index (χ0) is 18.3. The average Bonchev–Trinajstić information content (AvgIpc) is 2.59.